The van der Waals surface area contributed by atoms with E-state index in [1.165, 1.54) is 0 Å². The van der Waals surface area contributed by atoms with Crippen LogP contribution >= 0.6 is 23.2 Å². The van der Waals surface area contributed by atoms with Gasteiger partial charge in [-0.25, -0.2) is 5.43 Å². The molecule has 1 N–H and O–H groups in total. The summed E-state index contributed by atoms with van der Waals surface area (Å²) < 4.78 is 11.6. The van der Waals surface area contributed by atoms with E-state index >= 15 is 0 Å². The molecule has 0 aliphatic rings. The lowest BCUT2D eigenvalue weighted by Crippen LogP contribution is -2.17. The third kappa shape index (κ3) is 7.09. The number of rotatable bonds is 8. The van der Waals surface area contributed by atoms with Crippen molar-refractivity contribution >= 4 is 35.3 Å². The number of nitrogens with zero attached hydrogens (tertiary/aromatic N) is 1. The van der Waals surface area contributed by atoms with Gasteiger partial charge in [-0.3, -0.25) is 4.79 Å². The van der Waals surface area contributed by atoms with E-state index in [1.54, 1.807) is 42.6 Å². The Hall–Kier alpha value is -3.80. The first-order valence-corrected chi connectivity index (χ1v) is 11.6. The van der Waals surface area contributed by atoms with E-state index in [0.29, 0.717) is 33.7 Å². The van der Waals surface area contributed by atoms with Crippen LogP contribution in [0.15, 0.2) is 96.1 Å². The second kappa shape index (κ2) is 11.6. The number of carbonyl (C=O) groups excluding carboxylic acids is 1. The number of hydrazone groups is 1. The Morgan fingerprint density at radius 1 is 0.886 bits per heavy atom. The van der Waals surface area contributed by atoms with Crippen molar-refractivity contribution in [3.63, 3.8) is 0 Å². The molecule has 4 rings (SSSR count). The van der Waals surface area contributed by atoms with E-state index in [4.69, 9.17) is 32.7 Å². The highest BCUT2D eigenvalue weighted by Crippen LogP contribution is 2.24. The first kappa shape index (κ1) is 24.3. The zero-order valence-electron chi connectivity index (χ0n) is 18.9. The molecule has 176 valence electrons. The highest BCUT2D eigenvalue weighted by Gasteiger charge is 2.05. The summed E-state index contributed by atoms with van der Waals surface area (Å²) in [5.74, 6) is 1.75. The highest BCUT2D eigenvalue weighted by atomic mass is 35.5. The van der Waals surface area contributed by atoms with Crippen molar-refractivity contribution < 1.29 is 14.3 Å². The monoisotopic (exact) mass is 504 g/mol. The number of hydrogen-bond donors (Lipinski definition) is 1. The van der Waals surface area contributed by atoms with Crippen LogP contribution in [-0.2, 0) is 6.61 Å². The maximum absolute atomic E-state index is 12.4. The molecule has 0 spiro atoms. The van der Waals surface area contributed by atoms with E-state index < -0.39 is 0 Å². The molecule has 0 fully saturated rings. The summed E-state index contributed by atoms with van der Waals surface area (Å²) in [6, 6.07) is 27.2. The Morgan fingerprint density at radius 2 is 1.63 bits per heavy atom. The average Bonchev–Trinajstić information content (AvgIpc) is 2.87. The molecule has 0 aromatic heterocycles. The molecular weight excluding hydrogens is 483 g/mol. The van der Waals surface area contributed by atoms with Crippen LogP contribution in [0.25, 0.3) is 0 Å². The summed E-state index contributed by atoms with van der Waals surface area (Å²) in [6.45, 7) is 2.31. The van der Waals surface area contributed by atoms with E-state index in [2.05, 4.69) is 10.5 Å². The number of carbonyl (C=O) groups is 1. The van der Waals surface area contributed by atoms with Crippen LogP contribution in [0.1, 0.15) is 27.0 Å². The minimum absolute atomic E-state index is 0.310. The topological polar surface area (TPSA) is 59.9 Å². The molecule has 0 saturated carbocycles. The van der Waals surface area contributed by atoms with Crippen molar-refractivity contribution in [2.45, 2.75) is 13.5 Å². The lowest BCUT2D eigenvalue weighted by atomic mass is 10.1. The van der Waals surface area contributed by atoms with Crippen molar-refractivity contribution in [3.05, 3.63) is 123 Å². The van der Waals surface area contributed by atoms with Gasteiger partial charge in [0.15, 0.2) is 0 Å². The molecule has 0 unspecified atom stereocenters. The quantitative estimate of drug-likeness (QED) is 0.200. The summed E-state index contributed by atoms with van der Waals surface area (Å²) in [5, 5.41) is 5.40. The molecule has 4 aromatic rings. The molecule has 0 aliphatic carbocycles. The third-order valence-electron chi connectivity index (χ3n) is 5.04. The van der Waals surface area contributed by atoms with Gasteiger partial charge in [-0.2, -0.15) is 5.10 Å². The zero-order chi connectivity index (χ0) is 24.6. The molecule has 0 saturated heterocycles. The summed E-state index contributed by atoms with van der Waals surface area (Å²) in [5.41, 5.74) is 5.71. The van der Waals surface area contributed by atoms with Gasteiger partial charge in [-0.1, -0.05) is 47.5 Å². The van der Waals surface area contributed by atoms with Crippen molar-refractivity contribution in [1.82, 2.24) is 5.43 Å². The predicted octanol–water partition coefficient (Wildman–Crippen LogP) is 7.44. The standard InChI is InChI=1S/C28H22Cl2N2O3/c1-19-15-25(13-14-27(19)30)34-18-20-5-7-22(8-6-20)28(33)32-31-17-21-3-2-4-26(16-21)35-24-11-9-23(29)10-12-24/h2-17H,18H2,1H3,(H,32,33)/b31-17+. The van der Waals surface area contributed by atoms with Gasteiger partial charge in [0.1, 0.15) is 23.9 Å². The second-order valence-electron chi connectivity index (χ2n) is 7.72. The number of aryl methyl sites for hydroxylation is 1. The minimum Gasteiger partial charge on any atom is -0.489 e. The number of hydrogen-bond acceptors (Lipinski definition) is 4. The molecule has 0 aliphatic heterocycles. The van der Waals surface area contributed by atoms with E-state index in [0.717, 1.165) is 22.4 Å². The number of nitrogens with one attached hydrogen (secondary N) is 1. The van der Waals surface area contributed by atoms with Crippen LogP contribution in [-0.4, -0.2) is 12.1 Å². The fourth-order valence-corrected chi connectivity index (χ4v) is 3.40. The Balaban J connectivity index is 1.29. The minimum atomic E-state index is -0.310. The molecule has 0 atom stereocenters. The van der Waals surface area contributed by atoms with Crippen LogP contribution < -0.4 is 14.9 Å². The zero-order valence-corrected chi connectivity index (χ0v) is 20.4. The summed E-state index contributed by atoms with van der Waals surface area (Å²) >= 11 is 11.9. The maximum Gasteiger partial charge on any atom is 0.271 e. The fraction of sp³-hybridized carbons (Fsp3) is 0.0714. The van der Waals surface area contributed by atoms with Gasteiger partial charge >= 0.3 is 0 Å². The molecular formula is C28H22Cl2N2O3. The second-order valence-corrected chi connectivity index (χ2v) is 8.57. The Kier molecular flexibility index (Phi) is 8.03. The Bertz CT molecular complexity index is 1340. The SMILES string of the molecule is Cc1cc(OCc2ccc(C(=O)N/N=C/c3cccc(Oc4ccc(Cl)cc4)c3)cc2)ccc1Cl. The van der Waals surface area contributed by atoms with Crippen molar-refractivity contribution in [3.8, 4) is 17.2 Å². The van der Waals surface area contributed by atoms with Crippen molar-refractivity contribution in [2.24, 2.45) is 5.10 Å². The number of amides is 1. The summed E-state index contributed by atoms with van der Waals surface area (Å²) in [6.07, 6.45) is 1.56. The molecule has 35 heavy (non-hydrogen) atoms. The van der Waals surface area contributed by atoms with Gasteiger partial charge in [-0.05, 0) is 90.3 Å². The third-order valence-corrected chi connectivity index (χ3v) is 5.71. The largest absolute Gasteiger partial charge is 0.489 e. The number of benzene rings is 4. The van der Waals surface area contributed by atoms with Crippen LogP contribution in [0, 0.1) is 6.92 Å². The van der Waals surface area contributed by atoms with Crippen LogP contribution in [0.5, 0.6) is 17.2 Å². The summed E-state index contributed by atoms with van der Waals surface area (Å²) in [4.78, 5) is 12.4. The van der Waals surface area contributed by atoms with Crippen LogP contribution in [0.3, 0.4) is 0 Å². The van der Waals surface area contributed by atoms with E-state index in [9.17, 15) is 4.79 Å². The predicted molar refractivity (Wildman–Crippen MR) is 140 cm³/mol. The van der Waals surface area contributed by atoms with Crippen molar-refractivity contribution in [1.29, 1.82) is 0 Å². The number of ether oxygens (including phenoxy) is 2. The highest BCUT2D eigenvalue weighted by molar-refractivity contribution is 6.31. The fourth-order valence-electron chi connectivity index (χ4n) is 3.15. The molecule has 0 radical (unpaired) electrons. The lowest BCUT2D eigenvalue weighted by Gasteiger charge is -2.08. The van der Waals surface area contributed by atoms with Gasteiger partial charge in [0, 0.05) is 15.6 Å². The van der Waals surface area contributed by atoms with Gasteiger partial charge in [0.25, 0.3) is 5.91 Å². The Morgan fingerprint density at radius 3 is 2.37 bits per heavy atom. The van der Waals surface area contributed by atoms with Gasteiger partial charge < -0.3 is 9.47 Å². The molecule has 1 amide bonds. The van der Waals surface area contributed by atoms with Crippen LogP contribution in [0.4, 0.5) is 0 Å². The molecule has 0 bridgehead atoms. The molecule has 7 heteroatoms. The van der Waals surface area contributed by atoms with Crippen molar-refractivity contribution in [2.75, 3.05) is 0 Å². The normalized spacial score (nSPS) is 10.8. The Labute approximate surface area is 213 Å². The lowest BCUT2D eigenvalue weighted by molar-refractivity contribution is 0.0955. The smallest absolute Gasteiger partial charge is 0.271 e. The first-order chi connectivity index (χ1) is 17.0. The maximum atomic E-state index is 12.4. The van der Waals surface area contributed by atoms with Gasteiger partial charge in [-0.15, -0.1) is 0 Å². The van der Waals surface area contributed by atoms with E-state index in [1.807, 2.05) is 61.5 Å². The first-order valence-electron chi connectivity index (χ1n) is 10.8. The average molecular weight is 505 g/mol. The van der Waals surface area contributed by atoms with Gasteiger partial charge in [0.05, 0.1) is 6.21 Å². The number of halogens is 2. The summed E-state index contributed by atoms with van der Waals surface area (Å²) in [7, 11) is 0. The van der Waals surface area contributed by atoms with E-state index in [-0.39, 0.29) is 5.91 Å². The molecule has 0 heterocycles. The molecule has 5 nitrogen and oxygen atoms in total. The van der Waals surface area contributed by atoms with Gasteiger partial charge in [0.2, 0.25) is 0 Å². The molecule has 4 aromatic carbocycles. The van der Waals surface area contributed by atoms with Crippen LogP contribution in [0.2, 0.25) is 10.0 Å².